The van der Waals surface area contributed by atoms with E-state index in [1.54, 1.807) is 23.5 Å². The molecule has 2 aromatic carbocycles. The molecule has 0 saturated heterocycles. The lowest BCUT2D eigenvalue weighted by Gasteiger charge is -2.13. The number of nitrogen functional groups attached to an aromatic ring is 1. The molecule has 0 aromatic heterocycles. The van der Waals surface area contributed by atoms with Crippen molar-refractivity contribution in [2.24, 2.45) is 5.73 Å². The van der Waals surface area contributed by atoms with Crippen LogP contribution < -0.4 is 5.73 Å². The molecular formula is C16H17ClN2S2. The first kappa shape index (κ1) is 16.3. The number of hydrogen-bond donors (Lipinski definition) is 2. The molecule has 2 nitrogen and oxygen atoms in total. The summed E-state index contributed by atoms with van der Waals surface area (Å²) in [6.07, 6.45) is 0. The zero-order chi connectivity index (χ0) is 15.2. The monoisotopic (exact) mass is 336 g/mol. The van der Waals surface area contributed by atoms with Gasteiger partial charge in [0.15, 0.2) is 0 Å². The quantitative estimate of drug-likeness (QED) is 0.442. The van der Waals surface area contributed by atoms with Crippen LogP contribution in [0.15, 0.2) is 52.3 Å². The summed E-state index contributed by atoms with van der Waals surface area (Å²) in [4.78, 5) is 2.09. The molecule has 0 unspecified atom stereocenters. The second kappa shape index (κ2) is 7.78. The second-order valence-corrected chi connectivity index (χ2v) is 7.09. The van der Waals surface area contributed by atoms with Gasteiger partial charge in [-0.25, -0.2) is 0 Å². The van der Waals surface area contributed by atoms with Crippen LogP contribution in [0.4, 0.5) is 0 Å². The summed E-state index contributed by atoms with van der Waals surface area (Å²) in [5, 5.41) is 8.62. The van der Waals surface area contributed by atoms with E-state index in [0.29, 0.717) is 0 Å². The molecule has 5 heteroatoms. The van der Waals surface area contributed by atoms with Gasteiger partial charge < -0.3 is 5.73 Å². The SMILES string of the molecule is CCSc1cccc(SCc2ccccc2Cl)c1C(=N)N. The number of hydrogen-bond acceptors (Lipinski definition) is 3. The van der Waals surface area contributed by atoms with Crippen LogP contribution in [0.3, 0.4) is 0 Å². The average Bonchev–Trinajstić information content (AvgIpc) is 2.46. The highest BCUT2D eigenvalue weighted by Gasteiger charge is 2.12. The van der Waals surface area contributed by atoms with E-state index in [2.05, 4.69) is 6.92 Å². The Bertz CT molecular complexity index is 644. The van der Waals surface area contributed by atoms with Crippen molar-refractivity contribution in [3.05, 3.63) is 58.6 Å². The topological polar surface area (TPSA) is 49.9 Å². The minimum Gasteiger partial charge on any atom is -0.384 e. The van der Waals surface area contributed by atoms with E-state index in [1.807, 2.05) is 42.5 Å². The van der Waals surface area contributed by atoms with Gasteiger partial charge in [0.05, 0.1) is 0 Å². The van der Waals surface area contributed by atoms with E-state index in [-0.39, 0.29) is 5.84 Å². The van der Waals surface area contributed by atoms with E-state index in [0.717, 1.165) is 37.4 Å². The highest BCUT2D eigenvalue weighted by atomic mass is 35.5. The largest absolute Gasteiger partial charge is 0.384 e. The number of nitrogens with two attached hydrogens (primary N) is 1. The van der Waals surface area contributed by atoms with Crippen molar-refractivity contribution >= 4 is 41.0 Å². The predicted molar refractivity (Wildman–Crippen MR) is 94.9 cm³/mol. The van der Waals surface area contributed by atoms with E-state index in [4.69, 9.17) is 22.7 Å². The van der Waals surface area contributed by atoms with E-state index >= 15 is 0 Å². The first-order valence-corrected chi connectivity index (χ1v) is 8.94. The lowest BCUT2D eigenvalue weighted by molar-refractivity contribution is 1.24. The maximum atomic E-state index is 7.85. The summed E-state index contributed by atoms with van der Waals surface area (Å²) >= 11 is 9.56. The molecule has 2 aromatic rings. The van der Waals surface area contributed by atoms with Crippen molar-refractivity contribution < 1.29 is 0 Å². The van der Waals surface area contributed by atoms with Gasteiger partial charge in [-0.15, -0.1) is 23.5 Å². The molecule has 21 heavy (non-hydrogen) atoms. The summed E-state index contributed by atoms with van der Waals surface area (Å²) in [5.74, 6) is 1.84. The summed E-state index contributed by atoms with van der Waals surface area (Å²) in [7, 11) is 0. The highest BCUT2D eigenvalue weighted by Crippen LogP contribution is 2.33. The molecule has 0 spiro atoms. The Morgan fingerprint density at radius 1 is 1.10 bits per heavy atom. The van der Waals surface area contributed by atoms with Crippen LogP contribution in [0, 0.1) is 5.41 Å². The number of halogens is 1. The van der Waals surface area contributed by atoms with Crippen LogP contribution >= 0.6 is 35.1 Å². The van der Waals surface area contributed by atoms with Gasteiger partial charge in [-0.3, -0.25) is 5.41 Å². The molecule has 0 fully saturated rings. The molecule has 0 aliphatic carbocycles. The standard InChI is InChI=1S/C16H17ClN2S2/c1-2-20-13-8-5-9-14(15(13)16(18)19)21-10-11-6-3-4-7-12(11)17/h3-9H,2,10H2,1H3,(H3,18,19). The van der Waals surface area contributed by atoms with Crippen LogP contribution in [-0.4, -0.2) is 11.6 Å². The first-order valence-electron chi connectivity index (χ1n) is 6.60. The fourth-order valence-corrected chi connectivity index (χ4v) is 4.24. The normalized spacial score (nSPS) is 10.6. The Kier molecular flexibility index (Phi) is 6.03. The second-order valence-electron chi connectivity index (χ2n) is 4.36. The van der Waals surface area contributed by atoms with E-state index < -0.39 is 0 Å². The van der Waals surface area contributed by atoms with Gasteiger partial charge in [-0.2, -0.15) is 0 Å². The molecule has 0 bridgehead atoms. The number of rotatable bonds is 6. The van der Waals surface area contributed by atoms with Crippen molar-refractivity contribution in [2.75, 3.05) is 5.75 Å². The van der Waals surface area contributed by atoms with Crippen LogP contribution in [0.1, 0.15) is 18.1 Å². The minimum atomic E-state index is 0.119. The van der Waals surface area contributed by atoms with Gasteiger partial charge in [-0.05, 0) is 29.5 Å². The molecule has 3 N–H and O–H groups in total. The number of nitrogens with one attached hydrogen (secondary N) is 1. The highest BCUT2D eigenvalue weighted by molar-refractivity contribution is 7.99. The average molecular weight is 337 g/mol. The third-order valence-corrected chi connectivity index (χ3v) is 5.31. The van der Waals surface area contributed by atoms with Gasteiger partial charge >= 0.3 is 0 Å². The fourth-order valence-electron chi connectivity index (χ4n) is 1.94. The molecule has 0 heterocycles. The molecule has 0 aliphatic rings. The zero-order valence-corrected chi connectivity index (χ0v) is 14.1. The lowest BCUT2D eigenvalue weighted by atomic mass is 10.2. The molecule has 110 valence electrons. The third kappa shape index (κ3) is 4.19. The number of benzene rings is 2. The van der Waals surface area contributed by atoms with E-state index in [1.165, 1.54) is 0 Å². The third-order valence-electron chi connectivity index (χ3n) is 2.90. The summed E-state index contributed by atoms with van der Waals surface area (Å²) in [6, 6.07) is 13.9. The van der Waals surface area contributed by atoms with Gasteiger partial charge in [-0.1, -0.05) is 42.8 Å². The summed E-state index contributed by atoms with van der Waals surface area (Å²) < 4.78 is 0. The van der Waals surface area contributed by atoms with Crippen LogP contribution in [0.25, 0.3) is 0 Å². The van der Waals surface area contributed by atoms with Crippen molar-refractivity contribution in [1.82, 2.24) is 0 Å². The predicted octanol–water partition coefficient (Wildman–Crippen LogP) is 5.03. The fraction of sp³-hybridized carbons (Fsp3) is 0.188. The maximum absolute atomic E-state index is 7.85. The van der Waals surface area contributed by atoms with Crippen molar-refractivity contribution in [2.45, 2.75) is 22.5 Å². The van der Waals surface area contributed by atoms with Gasteiger partial charge in [0.1, 0.15) is 5.84 Å². The first-order chi connectivity index (χ1) is 10.1. The molecule has 0 atom stereocenters. The Labute approximate surface area is 139 Å². The molecule has 0 radical (unpaired) electrons. The maximum Gasteiger partial charge on any atom is 0.125 e. The molecule has 0 amide bonds. The summed E-state index contributed by atoms with van der Waals surface area (Å²) in [5.41, 5.74) is 7.70. The van der Waals surface area contributed by atoms with Crippen LogP contribution in [0.2, 0.25) is 5.02 Å². The number of amidine groups is 1. The molecule has 2 rings (SSSR count). The molecular weight excluding hydrogens is 320 g/mol. The van der Waals surface area contributed by atoms with E-state index in [9.17, 15) is 0 Å². The molecule has 0 aliphatic heterocycles. The smallest absolute Gasteiger partial charge is 0.125 e. The Balaban J connectivity index is 2.25. The lowest BCUT2D eigenvalue weighted by Crippen LogP contribution is -2.13. The Hall–Kier alpha value is -1.10. The van der Waals surface area contributed by atoms with Gasteiger partial charge in [0.25, 0.3) is 0 Å². The van der Waals surface area contributed by atoms with Crippen molar-refractivity contribution in [3.8, 4) is 0 Å². The number of thioether (sulfide) groups is 2. The van der Waals surface area contributed by atoms with Gasteiger partial charge in [0.2, 0.25) is 0 Å². The summed E-state index contributed by atoms with van der Waals surface area (Å²) in [6.45, 7) is 2.10. The van der Waals surface area contributed by atoms with Gasteiger partial charge in [0, 0.05) is 26.1 Å². The Morgan fingerprint density at radius 2 is 1.76 bits per heavy atom. The van der Waals surface area contributed by atoms with Crippen molar-refractivity contribution in [1.29, 1.82) is 5.41 Å². The van der Waals surface area contributed by atoms with Crippen molar-refractivity contribution in [3.63, 3.8) is 0 Å². The van der Waals surface area contributed by atoms with Crippen LogP contribution in [0.5, 0.6) is 0 Å². The zero-order valence-electron chi connectivity index (χ0n) is 11.7. The molecule has 0 saturated carbocycles. The Morgan fingerprint density at radius 3 is 2.38 bits per heavy atom. The minimum absolute atomic E-state index is 0.119. The van der Waals surface area contributed by atoms with Crippen LogP contribution in [-0.2, 0) is 5.75 Å².